The zero-order valence-corrected chi connectivity index (χ0v) is 25.0. The number of nitrogens with zero attached hydrogens (tertiary/aromatic N) is 3. The molecule has 11 heteroatoms. The van der Waals surface area contributed by atoms with Crippen LogP contribution in [0.5, 0.6) is 0 Å². The number of benzene rings is 2. The highest BCUT2D eigenvalue weighted by Gasteiger charge is 2.30. The van der Waals surface area contributed by atoms with Gasteiger partial charge in [0.05, 0.1) is 26.1 Å². The van der Waals surface area contributed by atoms with Gasteiger partial charge in [0, 0.05) is 56.5 Å². The van der Waals surface area contributed by atoms with Gasteiger partial charge in [-0.15, -0.1) is 0 Å². The normalized spacial score (nSPS) is 14.5. The van der Waals surface area contributed by atoms with Gasteiger partial charge in [0.25, 0.3) is 0 Å². The molecule has 1 aliphatic heterocycles. The summed E-state index contributed by atoms with van der Waals surface area (Å²) in [5, 5.41) is 5.74. The predicted molar refractivity (Wildman–Crippen MR) is 162 cm³/mol. The molecule has 3 aromatic rings. The lowest BCUT2D eigenvalue weighted by atomic mass is 9.84. The van der Waals surface area contributed by atoms with E-state index in [0.29, 0.717) is 38.5 Å². The number of rotatable bonds is 14. The molecule has 2 heterocycles. The zero-order chi connectivity index (χ0) is 30.5. The van der Waals surface area contributed by atoms with E-state index in [1.807, 2.05) is 60.7 Å². The van der Waals surface area contributed by atoms with Gasteiger partial charge < -0.3 is 30.0 Å². The fraction of sp³-hybridized carbons (Fsp3) is 0.438. The van der Waals surface area contributed by atoms with Gasteiger partial charge in [0.15, 0.2) is 0 Å². The van der Waals surface area contributed by atoms with Crippen molar-refractivity contribution in [2.24, 2.45) is 0 Å². The fourth-order valence-corrected chi connectivity index (χ4v) is 4.84. The van der Waals surface area contributed by atoms with E-state index in [0.717, 1.165) is 24.2 Å². The van der Waals surface area contributed by atoms with Crippen molar-refractivity contribution in [3.8, 4) is 0 Å². The average Bonchev–Trinajstić information content (AvgIpc) is 3.55. The predicted octanol–water partition coefficient (Wildman–Crippen LogP) is 2.50. The maximum absolute atomic E-state index is 14.0. The highest BCUT2D eigenvalue weighted by atomic mass is 16.5. The van der Waals surface area contributed by atoms with Crippen molar-refractivity contribution in [1.82, 2.24) is 30.4 Å². The number of imidazole rings is 1. The second kappa shape index (κ2) is 15.9. The van der Waals surface area contributed by atoms with Crippen LogP contribution in [0.4, 0.5) is 4.79 Å². The van der Waals surface area contributed by atoms with Crippen LogP contribution in [0.3, 0.4) is 0 Å². The van der Waals surface area contributed by atoms with Gasteiger partial charge >= 0.3 is 6.09 Å². The zero-order valence-electron chi connectivity index (χ0n) is 25.0. The van der Waals surface area contributed by atoms with Crippen LogP contribution in [0.1, 0.15) is 30.7 Å². The maximum atomic E-state index is 14.0. The largest absolute Gasteiger partial charge is 0.445 e. The molecule has 1 atom stereocenters. The molecule has 1 aromatic heterocycles. The minimum atomic E-state index is -0.970. The van der Waals surface area contributed by atoms with Crippen LogP contribution in [0.25, 0.3) is 0 Å². The number of morpholine rings is 1. The topological polar surface area (TPSA) is 129 Å². The van der Waals surface area contributed by atoms with E-state index >= 15 is 0 Å². The number of ether oxygens (including phenoxy) is 2. The first-order valence-electron chi connectivity index (χ1n) is 14.7. The minimum Gasteiger partial charge on any atom is -0.445 e. The molecule has 2 aromatic carbocycles. The smallest absolute Gasteiger partial charge is 0.408 e. The van der Waals surface area contributed by atoms with Crippen LogP contribution in [0, 0.1) is 0 Å². The molecule has 0 bridgehead atoms. The third-order valence-corrected chi connectivity index (χ3v) is 7.50. The lowest BCUT2D eigenvalue weighted by Gasteiger charge is -2.32. The molecule has 0 aliphatic carbocycles. The molecule has 1 unspecified atom stereocenters. The van der Waals surface area contributed by atoms with Crippen molar-refractivity contribution in [2.75, 3.05) is 52.5 Å². The van der Waals surface area contributed by atoms with E-state index in [-0.39, 0.29) is 36.8 Å². The Bertz CT molecular complexity index is 1280. The molecule has 11 nitrogen and oxygen atoms in total. The van der Waals surface area contributed by atoms with Crippen LogP contribution in [-0.2, 0) is 37.5 Å². The number of carbonyl (C=O) groups is 3. The van der Waals surface area contributed by atoms with E-state index in [1.165, 1.54) is 11.2 Å². The van der Waals surface area contributed by atoms with E-state index in [4.69, 9.17) is 9.47 Å². The van der Waals surface area contributed by atoms with Crippen molar-refractivity contribution in [3.05, 3.63) is 90.0 Å². The molecule has 230 valence electrons. The first-order valence-corrected chi connectivity index (χ1v) is 14.7. The van der Waals surface area contributed by atoms with Crippen LogP contribution in [-0.4, -0.2) is 96.2 Å². The molecule has 0 spiro atoms. The van der Waals surface area contributed by atoms with Crippen molar-refractivity contribution < 1.29 is 23.9 Å². The van der Waals surface area contributed by atoms with Gasteiger partial charge in [-0.3, -0.25) is 14.5 Å². The van der Waals surface area contributed by atoms with Gasteiger partial charge in [-0.05, 0) is 11.1 Å². The summed E-state index contributed by atoms with van der Waals surface area (Å²) in [6, 6.07) is 18.3. The van der Waals surface area contributed by atoms with E-state index in [1.54, 1.807) is 6.20 Å². The molecule has 1 aliphatic rings. The number of amides is 3. The molecule has 4 rings (SSSR count). The average molecular weight is 591 g/mol. The Labute approximate surface area is 253 Å². The quantitative estimate of drug-likeness (QED) is 0.263. The Hall–Kier alpha value is -4.22. The molecule has 0 saturated carbocycles. The molecule has 0 radical (unpaired) electrons. The third kappa shape index (κ3) is 10.2. The summed E-state index contributed by atoms with van der Waals surface area (Å²) in [7, 11) is 0. The van der Waals surface area contributed by atoms with Gasteiger partial charge in [-0.2, -0.15) is 0 Å². The van der Waals surface area contributed by atoms with Crippen LogP contribution < -0.4 is 10.6 Å². The third-order valence-electron chi connectivity index (χ3n) is 7.50. The lowest BCUT2D eigenvalue weighted by molar-refractivity contribution is -0.138. The van der Waals surface area contributed by atoms with Crippen LogP contribution >= 0.6 is 0 Å². The first kappa shape index (κ1) is 31.7. The monoisotopic (exact) mass is 590 g/mol. The van der Waals surface area contributed by atoms with Crippen molar-refractivity contribution in [1.29, 1.82) is 0 Å². The number of nitrogens with one attached hydrogen (secondary N) is 3. The van der Waals surface area contributed by atoms with Gasteiger partial charge in [0.2, 0.25) is 11.8 Å². The SMILES string of the molecule is CC(C)(CNC(=O)CN(CCN1CCOCC1)C(=O)C(Cc1cnc[nH]1)NC(=O)OCc1ccccc1)c1ccccc1. The number of hydrogen-bond acceptors (Lipinski definition) is 7. The summed E-state index contributed by atoms with van der Waals surface area (Å²) < 4.78 is 10.9. The number of carbonyl (C=O) groups excluding carboxylic acids is 3. The van der Waals surface area contributed by atoms with Crippen LogP contribution in [0.15, 0.2) is 73.2 Å². The van der Waals surface area contributed by atoms with E-state index in [2.05, 4.69) is 39.3 Å². The molecule has 43 heavy (non-hydrogen) atoms. The maximum Gasteiger partial charge on any atom is 0.408 e. The molecule has 1 saturated heterocycles. The van der Waals surface area contributed by atoms with E-state index in [9.17, 15) is 14.4 Å². The van der Waals surface area contributed by atoms with Crippen molar-refractivity contribution in [3.63, 3.8) is 0 Å². The first-order chi connectivity index (χ1) is 20.8. The van der Waals surface area contributed by atoms with Crippen molar-refractivity contribution >= 4 is 17.9 Å². The second-order valence-electron chi connectivity index (χ2n) is 11.3. The fourth-order valence-electron chi connectivity index (χ4n) is 4.84. The summed E-state index contributed by atoms with van der Waals surface area (Å²) in [4.78, 5) is 50.8. The second-order valence-corrected chi connectivity index (χ2v) is 11.3. The van der Waals surface area contributed by atoms with Crippen molar-refractivity contribution in [2.45, 2.75) is 38.3 Å². The number of alkyl carbamates (subject to hydrolysis) is 1. The molecule has 1 fully saturated rings. The highest BCUT2D eigenvalue weighted by molar-refractivity contribution is 5.89. The molecular weight excluding hydrogens is 548 g/mol. The Morgan fingerprint density at radius 1 is 1.07 bits per heavy atom. The summed E-state index contributed by atoms with van der Waals surface area (Å²) in [5.41, 5.74) is 2.31. The lowest BCUT2D eigenvalue weighted by Crippen LogP contribution is -2.54. The summed E-state index contributed by atoms with van der Waals surface area (Å²) in [6.07, 6.45) is 2.57. The number of hydrogen-bond donors (Lipinski definition) is 3. The Balaban J connectivity index is 1.44. The Kier molecular flexibility index (Phi) is 11.7. The summed E-state index contributed by atoms with van der Waals surface area (Å²) in [5.74, 6) is -0.650. The molecule has 3 N–H and O–H groups in total. The van der Waals surface area contributed by atoms with Gasteiger partial charge in [-0.1, -0.05) is 74.5 Å². The number of H-pyrrole nitrogens is 1. The standard InChI is InChI=1S/C32H42N6O5/c1-32(2,26-11-7-4-8-12-26)23-34-29(39)21-38(14-13-37-15-17-42-18-16-37)30(40)28(19-27-20-33-24-35-27)36-31(41)43-22-25-9-5-3-6-10-25/h3-12,20,24,28H,13-19,21-23H2,1-2H3,(H,33,35)(H,34,39)(H,36,41). The summed E-state index contributed by atoms with van der Waals surface area (Å²) >= 11 is 0. The Morgan fingerprint density at radius 3 is 2.44 bits per heavy atom. The number of aromatic amines is 1. The molecular formula is C32H42N6O5. The Morgan fingerprint density at radius 2 is 1.77 bits per heavy atom. The van der Waals surface area contributed by atoms with Gasteiger partial charge in [0.1, 0.15) is 12.6 Å². The highest BCUT2D eigenvalue weighted by Crippen LogP contribution is 2.21. The molecule has 3 amide bonds. The summed E-state index contributed by atoms with van der Waals surface area (Å²) in [6.45, 7) is 8.10. The number of aromatic nitrogens is 2. The van der Waals surface area contributed by atoms with E-state index < -0.39 is 12.1 Å². The minimum absolute atomic E-state index is 0.0675. The van der Waals surface area contributed by atoms with Crippen LogP contribution in [0.2, 0.25) is 0 Å². The van der Waals surface area contributed by atoms with Gasteiger partial charge in [-0.25, -0.2) is 9.78 Å².